The molecule has 26 heavy (non-hydrogen) atoms. The van der Waals surface area contributed by atoms with Crippen LogP contribution >= 0.6 is 11.6 Å². The molecular formula is C18H23ClN4O3. The van der Waals surface area contributed by atoms with Crippen molar-refractivity contribution >= 4 is 17.6 Å². The van der Waals surface area contributed by atoms with Crippen molar-refractivity contribution in [2.24, 2.45) is 5.41 Å². The summed E-state index contributed by atoms with van der Waals surface area (Å²) in [6.45, 7) is 4.57. The number of aromatic amines is 1. The number of halogens is 1. The monoisotopic (exact) mass is 378 g/mol. The molecule has 0 unspecified atom stereocenters. The number of likely N-dealkylation sites (tertiary alicyclic amines) is 1. The number of nitrogens with one attached hydrogen (secondary N) is 1. The van der Waals surface area contributed by atoms with Gasteiger partial charge in [0.1, 0.15) is 5.75 Å². The summed E-state index contributed by atoms with van der Waals surface area (Å²) in [5.74, 6) is -0.0488. The standard InChI is InChI=1S/C18H23ClN4O3/c1-2-26-16-13(4-3-5-15(16)19)12-23-8-6-18(7-9-23,17(24)25)10-14-11-20-22-21-14/h3-5,11H,2,6-10,12H2,1H3,(H,24,25)(H,20,21,22). The first-order chi connectivity index (χ1) is 12.5. The van der Waals surface area contributed by atoms with Crippen molar-refractivity contribution in [3.05, 3.63) is 40.7 Å². The largest absolute Gasteiger partial charge is 0.492 e. The van der Waals surface area contributed by atoms with Gasteiger partial charge in [-0.25, -0.2) is 0 Å². The maximum atomic E-state index is 11.9. The molecule has 0 amide bonds. The van der Waals surface area contributed by atoms with Crippen molar-refractivity contribution < 1.29 is 14.6 Å². The Balaban J connectivity index is 1.68. The predicted molar refractivity (Wildman–Crippen MR) is 97.3 cm³/mol. The first-order valence-electron chi connectivity index (χ1n) is 8.74. The highest BCUT2D eigenvalue weighted by Crippen LogP contribution is 2.37. The first kappa shape index (κ1) is 18.7. The Morgan fingerprint density at radius 3 is 2.81 bits per heavy atom. The van der Waals surface area contributed by atoms with Crippen molar-refractivity contribution in [3.8, 4) is 5.75 Å². The van der Waals surface area contributed by atoms with Gasteiger partial charge in [0.05, 0.1) is 28.9 Å². The van der Waals surface area contributed by atoms with E-state index in [1.54, 1.807) is 6.20 Å². The van der Waals surface area contributed by atoms with Crippen molar-refractivity contribution in [2.45, 2.75) is 32.7 Å². The average Bonchev–Trinajstić information content (AvgIpc) is 3.12. The van der Waals surface area contributed by atoms with Crippen LogP contribution in [0.3, 0.4) is 0 Å². The molecular weight excluding hydrogens is 356 g/mol. The number of nitrogens with zero attached hydrogens (tertiary/aromatic N) is 3. The van der Waals surface area contributed by atoms with E-state index in [1.165, 1.54) is 0 Å². The highest BCUT2D eigenvalue weighted by Gasteiger charge is 2.42. The van der Waals surface area contributed by atoms with Crippen LogP contribution in [0.1, 0.15) is 31.0 Å². The fourth-order valence-electron chi connectivity index (χ4n) is 3.49. The minimum Gasteiger partial charge on any atom is -0.492 e. The van der Waals surface area contributed by atoms with Gasteiger partial charge in [0, 0.05) is 18.5 Å². The lowest BCUT2D eigenvalue weighted by molar-refractivity contribution is -0.152. The number of hydrogen-bond donors (Lipinski definition) is 2. The third-order valence-electron chi connectivity index (χ3n) is 4.98. The molecule has 0 atom stereocenters. The lowest BCUT2D eigenvalue weighted by Gasteiger charge is -2.38. The van der Waals surface area contributed by atoms with Gasteiger partial charge in [0.15, 0.2) is 0 Å². The number of carboxylic acids is 1. The zero-order chi connectivity index (χ0) is 18.6. The molecule has 1 saturated heterocycles. The van der Waals surface area contributed by atoms with Crippen LogP contribution in [0, 0.1) is 5.41 Å². The molecule has 0 saturated carbocycles. The number of hydrogen-bond acceptors (Lipinski definition) is 5. The van der Waals surface area contributed by atoms with Gasteiger partial charge < -0.3 is 9.84 Å². The molecule has 1 aromatic heterocycles. The molecule has 3 rings (SSSR count). The molecule has 1 aromatic carbocycles. The van der Waals surface area contributed by atoms with Gasteiger partial charge in [-0.05, 0) is 38.9 Å². The lowest BCUT2D eigenvalue weighted by atomic mass is 9.75. The second-order valence-electron chi connectivity index (χ2n) is 6.66. The molecule has 1 aliphatic rings. The number of ether oxygens (including phenoxy) is 1. The van der Waals surface area contributed by atoms with Crippen LogP contribution in [0.15, 0.2) is 24.4 Å². The summed E-state index contributed by atoms with van der Waals surface area (Å²) >= 11 is 6.26. The highest BCUT2D eigenvalue weighted by molar-refractivity contribution is 6.32. The van der Waals surface area contributed by atoms with E-state index in [1.807, 2.05) is 25.1 Å². The van der Waals surface area contributed by atoms with Crippen molar-refractivity contribution in [2.75, 3.05) is 19.7 Å². The molecule has 8 heteroatoms. The zero-order valence-corrected chi connectivity index (χ0v) is 15.5. The molecule has 140 valence electrons. The number of benzene rings is 1. The summed E-state index contributed by atoms with van der Waals surface area (Å²) in [6.07, 6.45) is 3.13. The number of para-hydroxylation sites is 1. The Hall–Kier alpha value is -2.12. The number of aromatic nitrogens is 3. The fraction of sp³-hybridized carbons (Fsp3) is 0.500. The molecule has 1 fully saturated rings. The minimum atomic E-state index is -0.787. The molecule has 0 radical (unpaired) electrons. The summed E-state index contributed by atoms with van der Waals surface area (Å²) < 4.78 is 5.69. The van der Waals surface area contributed by atoms with Gasteiger partial charge in [-0.15, -0.1) is 0 Å². The maximum Gasteiger partial charge on any atom is 0.310 e. The predicted octanol–water partition coefficient (Wildman–Crippen LogP) is 2.77. The zero-order valence-electron chi connectivity index (χ0n) is 14.7. The van der Waals surface area contributed by atoms with Crippen LogP contribution < -0.4 is 4.74 Å². The van der Waals surface area contributed by atoms with Crippen LogP contribution in [0.25, 0.3) is 0 Å². The number of rotatable bonds is 7. The molecule has 0 spiro atoms. The summed E-state index contributed by atoms with van der Waals surface area (Å²) in [6, 6.07) is 5.74. The number of aliphatic carboxylic acids is 1. The summed E-state index contributed by atoms with van der Waals surface area (Å²) in [5.41, 5.74) is 0.928. The van der Waals surface area contributed by atoms with E-state index in [-0.39, 0.29) is 0 Å². The molecule has 2 aromatic rings. The van der Waals surface area contributed by atoms with Crippen molar-refractivity contribution in [1.29, 1.82) is 0 Å². The van der Waals surface area contributed by atoms with E-state index in [2.05, 4.69) is 20.3 Å². The van der Waals surface area contributed by atoms with Gasteiger partial charge in [-0.3, -0.25) is 9.69 Å². The van der Waals surface area contributed by atoms with Gasteiger partial charge in [-0.2, -0.15) is 15.4 Å². The van der Waals surface area contributed by atoms with E-state index in [0.29, 0.717) is 62.0 Å². The second kappa shape index (κ2) is 8.05. The molecule has 2 heterocycles. The lowest BCUT2D eigenvalue weighted by Crippen LogP contribution is -2.45. The second-order valence-corrected chi connectivity index (χ2v) is 7.07. The van der Waals surface area contributed by atoms with E-state index in [0.717, 1.165) is 5.56 Å². The Morgan fingerprint density at radius 2 is 2.19 bits per heavy atom. The average molecular weight is 379 g/mol. The first-order valence-corrected chi connectivity index (χ1v) is 9.12. The summed E-state index contributed by atoms with van der Waals surface area (Å²) in [7, 11) is 0. The van der Waals surface area contributed by atoms with E-state index < -0.39 is 11.4 Å². The summed E-state index contributed by atoms with van der Waals surface area (Å²) in [5, 5.41) is 20.8. The van der Waals surface area contributed by atoms with Crippen LogP contribution in [-0.4, -0.2) is 51.1 Å². The minimum absolute atomic E-state index is 0.397. The quantitative estimate of drug-likeness (QED) is 0.769. The fourth-order valence-corrected chi connectivity index (χ4v) is 3.74. The Labute approximate surface area is 157 Å². The molecule has 0 bridgehead atoms. The van der Waals surface area contributed by atoms with Crippen molar-refractivity contribution in [1.82, 2.24) is 20.3 Å². The van der Waals surface area contributed by atoms with Gasteiger partial charge in [0.2, 0.25) is 0 Å². The maximum absolute atomic E-state index is 11.9. The number of carbonyl (C=O) groups is 1. The third-order valence-corrected chi connectivity index (χ3v) is 5.28. The normalized spacial score (nSPS) is 17.2. The number of H-pyrrole nitrogens is 1. The third kappa shape index (κ3) is 3.99. The van der Waals surface area contributed by atoms with E-state index in [9.17, 15) is 9.90 Å². The molecule has 1 aliphatic heterocycles. The van der Waals surface area contributed by atoms with Crippen LogP contribution in [-0.2, 0) is 17.8 Å². The molecule has 7 nitrogen and oxygen atoms in total. The van der Waals surface area contributed by atoms with Crippen molar-refractivity contribution in [3.63, 3.8) is 0 Å². The summed E-state index contributed by atoms with van der Waals surface area (Å²) in [4.78, 5) is 14.2. The molecule has 2 N–H and O–H groups in total. The smallest absolute Gasteiger partial charge is 0.310 e. The van der Waals surface area contributed by atoms with E-state index >= 15 is 0 Å². The SMILES string of the molecule is CCOc1c(Cl)cccc1CN1CCC(Cc2cn[nH]n2)(C(=O)O)CC1. The Kier molecular flexibility index (Phi) is 5.78. The van der Waals surface area contributed by atoms with Gasteiger partial charge >= 0.3 is 5.97 Å². The Bertz CT molecular complexity index is 743. The Morgan fingerprint density at radius 1 is 1.42 bits per heavy atom. The molecule has 0 aliphatic carbocycles. The van der Waals surface area contributed by atoms with E-state index in [4.69, 9.17) is 16.3 Å². The van der Waals surface area contributed by atoms with Gasteiger partial charge in [-0.1, -0.05) is 23.7 Å². The highest BCUT2D eigenvalue weighted by atomic mass is 35.5. The van der Waals surface area contributed by atoms with Gasteiger partial charge in [0.25, 0.3) is 0 Å². The van der Waals surface area contributed by atoms with Crippen LogP contribution in [0.4, 0.5) is 0 Å². The topological polar surface area (TPSA) is 91.3 Å². The van der Waals surface area contributed by atoms with Crippen LogP contribution in [0.5, 0.6) is 5.75 Å². The number of piperidine rings is 1. The van der Waals surface area contributed by atoms with Crippen LogP contribution in [0.2, 0.25) is 5.02 Å². The number of carboxylic acid groups (broad SMARTS) is 1.